The van der Waals surface area contributed by atoms with Crippen molar-refractivity contribution in [2.24, 2.45) is 0 Å². The summed E-state index contributed by atoms with van der Waals surface area (Å²) in [6.07, 6.45) is 0.887. The van der Waals surface area contributed by atoms with Gasteiger partial charge >= 0.3 is 0 Å². The van der Waals surface area contributed by atoms with E-state index in [1.54, 1.807) is 17.0 Å². The van der Waals surface area contributed by atoms with Gasteiger partial charge in [-0.1, -0.05) is 18.5 Å². The number of rotatable bonds is 7. The third-order valence-corrected chi connectivity index (χ3v) is 3.36. The highest BCUT2D eigenvalue weighted by molar-refractivity contribution is 6.31. The van der Waals surface area contributed by atoms with E-state index in [1.807, 2.05) is 13.8 Å². The molecule has 1 aromatic carbocycles. The van der Waals surface area contributed by atoms with Crippen LogP contribution in [0.25, 0.3) is 0 Å². The van der Waals surface area contributed by atoms with Crippen molar-refractivity contribution in [3.05, 3.63) is 22.7 Å². The number of nitrogens with one attached hydrogen (secondary N) is 1. The summed E-state index contributed by atoms with van der Waals surface area (Å²) >= 11 is 6.03. The zero-order valence-electron chi connectivity index (χ0n) is 12.6. The minimum absolute atomic E-state index is 0.173. The number of methoxy groups -OCH3 is 1. The Hall–Kier alpha value is -1.77. The molecule has 5 nitrogen and oxygen atoms in total. The molecule has 0 spiro atoms. The van der Waals surface area contributed by atoms with Crippen LogP contribution >= 0.6 is 11.6 Å². The fraction of sp³-hybridized carbons (Fsp3) is 0.467. The summed E-state index contributed by atoms with van der Waals surface area (Å²) in [5, 5.41) is 12.1. The number of carbonyl (C=O) groups is 1. The Morgan fingerprint density at radius 2 is 2.24 bits per heavy atom. The number of ether oxygens (including phenoxy) is 1. The Morgan fingerprint density at radius 3 is 2.81 bits per heavy atom. The predicted molar refractivity (Wildman–Crippen MR) is 83.7 cm³/mol. The summed E-state index contributed by atoms with van der Waals surface area (Å²) in [4.78, 5) is 13.9. The van der Waals surface area contributed by atoms with Crippen molar-refractivity contribution in [1.29, 1.82) is 5.26 Å². The summed E-state index contributed by atoms with van der Waals surface area (Å²) in [5.74, 6) is 0.333. The lowest BCUT2D eigenvalue weighted by molar-refractivity contribution is -0.117. The highest BCUT2D eigenvalue weighted by Crippen LogP contribution is 2.30. The molecule has 0 unspecified atom stereocenters. The van der Waals surface area contributed by atoms with Gasteiger partial charge in [0.25, 0.3) is 0 Å². The number of carbonyl (C=O) groups excluding carboxylic acids is 1. The summed E-state index contributed by atoms with van der Waals surface area (Å²) < 4.78 is 5.22. The molecule has 0 aliphatic rings. The maximum Gasteiger partial charge on any atom is 0.238 e. The van der Waals surface area contributed by atoms with Crippen LogP contribution in [0, 0.1) is 18.3 Å². The highest BCUT2D eigenvalue weighted by atomic mass is 35.5. The topological polar surface area (TPSA) is 65.4 Å². The number of amides is 1. The van der Waals surface area contributed by atoms with E-state index in [9.17, 15) is 4.79 Å². The van der Waals surface area contributed by atoms with Crippen LogP contribution in [0.15, 0.2) is 12.1 Å². The van der Waals surface area contributed by atoms with Gasteiger partial charge in [0, 0.05) is 11.1 Å². The largest absolute Gasteiger partial charge is 0.495 e. The van der Waals surface area contributed by atoms with Crippen molar-refractivity contribution in [3.8, 4) is 11.8 Å². The molecule has 0 atom stereocenters. The number of aryl methyl sites for hydroxylation is 1. The van der Waals surface area contributed by atoms with Crippen LogP contribution in [0.5, 0.6) is 5.75 Å². The van der Waals surface area contributed by atoms with E-state index in [-0.39, 0.29) is 19.0 Å². The molecule has 0 radical (unpaired) electrons. The van der Waals surface area contributed by atoms with Gasteiger partial charge in [-0.2, -0.15) is 5.26 Å². The molecule has 1 N–H and O–H groups in total. The SMILES string of the molecule is CCCN(CC#N)CC(=O)Nc1cc(C)c(Cl)cc1OC. The Bertz CT molecular complexity index is 540. The first-order chi connectivity index (χ1) is 10.0. The van der Waals surface area contributed by atoms with Crippen molar-refractivity contribution in [2.75, 3.05) is 32.1 Å². The second kappa shape index (κ2) is 8.50. The minimum atomic E-state index is -0.182. The van der Waals surface area contributed by atoms with Crippen molar-refractivity contribution < 1.29 is 9.53 Å². The highest BCUT2D eigenvalue weighted by Gasteiger charge is 2.13. The first-order valence-electron chi connectivity index (χ1n) is 6.75. The number of nitriles is 1. The molecular formula is C15H20ClN3O2. The van der Waals surface area contributed by atoms with E-state index in [0.29, 0.717) is 23.0 Å². The maximum absolute atomic E-state index is 12.1. The van der Waals surface area contributed by atoms with Crippen LogP contribution in [0.4, 0.5) is 5.69 Å². The summed E-state index contributed by atoms with van der Waals surface area (Å²) in [6.45, 7) is 4.98. The van der Waals surface area contributed by atoms with E-state index in [2.05, 4.69) is 11.4 Å². The molecule has 1 aromatic rings. The van der Waals surface area contributed by atoms with Gasteiger partial charge in [-0.15, -0.1) is 0 Å². The Balaban J connectivity index is 2.78. The van der Waals surface area contributed by atoms with E-state index < -0.39 is 0 Å². The molecule has 6 heteroatoms. The van der Waals surface area contributed by atoms with Gasteiger partial charge in [0.05, 0.1) is 32.0 Å². The van der Waals surface area contributed by atoms with Crippen LogP contribution in [-0.2, 0) is 4.79 Å². The van der Waals surface area contributed by atoms with Gasteiger partial charge in [-0.25, -0.2) is 0 Å². The van der Waals surface area contributed by atoms with Crippen molar-refractivity contribution in [1.82, 2.24) is 4.90 Å². The fourth-order valence-electron chi connectivity index (χ4n) is 1.95. The lowest BCUT2D eigenvalue weighted by Gasteiger charge is -2.18. The summed E-state index contributed by atoms with van der Waals surface area (Å²) in [6, 6.07) is 5.51. The molecule has 0 bridgehead atoms. The molecule has 21 heavy (non-hydrogen) atoms. The molecular weight excluding hydrogens is 290 g/mol. The van der Waals surface area contributed by atoms with Crippen LogP contribution in [-0.4, -0.2) is 37.6 Å². The second-order valence-electron chi connectivity index (χ2n) is 4.72. The average Bonchev–Trinajstić information content (AvgIpc) is 2.43. The monoisotopic (exact) mass is 309 g/mol. The van der Waals surface area contributed by atoms with E-state index in [0.717, 1.165) is 12.0 Å². The minimum Gasteiger partial charge on any atom is -0.495 e. The lowest BCUT2D eigenvalue weighted by atomic mass is 10.2. The van der Waals surface area contributed by atoms with Crippen LogP contribution in [0.3, 0.4) is 0 Å². The van der Waals surface area contributed by atoms with Crippen LogP contribution in [0.2, 0.25) is 5.02 Å². The first kappa shape index (κ1) is 17.3. The molecule has 0 saturated carbocycles. The predicted octanol–water partition coefficient (Wildman–Crippen LogP) is 2.83. The Morgan fingerprint density at radius 1 is 1.52 bits per heavy atom. The van der Waals surface area contributed by atoms with Gasteiger partial charge < -0.3 is 10.1 Å². The Labute approximate surface area is 130 Å². The number of anilines is 1. The third-order valence-electron chi connectivity index (χ3n) is 2.96. The molecule has 0 aliphatic heterocycles. The van der Waals surface area contributed by atoms with Gasteiger partial charge in [-0.3, -0.25) is 9.69 Å². The van der Waals surface area contributed by atoms with Gasteiger partial charge in [-0.05, 0) is 31.5 Å². The number of hydrogen-bond acceptors (Lipinski definition) is 4. The van der Waals surface area contributed by atoms with Gasteiger partial charge in [0.15, 0.2) is 0 Å². The van der Waals surface area contributed by atoms with Crippen molar-refractivity contribution >= 4 is 23.2 Å². The van der Waals surface area contributed by atoms with E-state index in [1.165, 1.54) is 7.11 Å². The summed E-state index contributed by atoms with van der Waals surface area (Å²) in [5.41, 5.74) is 1.44. The Kier molecular flexibility index (Phi) is 7.00. The quantitative estimate of drug-likeness (QED) is 0.787. The molecule has 0 fully saturated rings. The normalized spacial score (nSPS) is 10.3. The fourth-order valence-corrected chi connectivity index (χ4v) is 2.11. The zero-order chi connectivity index (χ0) is 15.8. The second-order valence-corrected chi connectivity index (χ2v) is 5.13. The van der Waals surface area contributed by atoms with Gasteiger partial charge in [0.1, 0.15) is 5.75 Å². The van der Waals surface area contributed by atoms with Crippen molar-refractivity contribution in [3.63, 3.8) is 0 Å². The molecule has 0 heterocycles. The standard InChI is InChI=1S/C15H20ClN3O2/c1-4-6-19(7-5-17)10-15(20)18-13-8-11(2)12(16)9-14(13)21-3/h8-9H,4,6-7,10H2,1-3H3,(H,18,20). The zero-order valence-corrected chi connectivity index (χ0v) is 13.3. The molecule has 114 valence electrons. The number of nitrogens with zero attached hydrogens (tertiary/aromatic N) is 2. The number of halogens is 1. The van der Waals surface area contributed by atoms with E-state index >= 15 is 0 Å². The van der Waals surface area contributed by atoms with Crippen LogP contribution < -0.4 is 10.1 Å². The van der Waals surface area contributed by atoms with Gasteiger partial charge in [0.2, 0.25) is 5.91 Å². The molecule has 0 aromatic heterocycles. The van der Waals surface area contributed by atoms with Crippen LogP contribution in [0.1, 0.15) is 18.9 Å². The van der Waals surface area contributed by atoms with E-state index in [4.69, 9.17) is 21.6 Å². The smallest absolute Gasteiger partial charge is 0.238 e. The first-order valence-corrected chi connectivity index (χ1v) is 7.12. The van der Waals surface area contributed by atoms with Crippen molar-refractivity contribution in [2.45, 2.75) is 20.3 Å². The number of hydrogen-bond donors (Lipinski definition) is 1. The molecule has 0 saturated heterocycles. The average molecular weight is 310 g/mol. The molecule has 0 aliphatic carbocycles. The summed E-state index contributed by atoms with van der Waals surface area (Å²) in [7, 11) is 1.52. The molecule has 1 amide bonds. The number of benzene rings is 1. The maximum atomic E-state index is 12.1. The third kappa shape index (κ3) is 5.25. The molecule has 1 rings (SSSR count). The lowest BCUT2D eigenvalue weighted by Crippen LogP contribution is -2.34.